The smallest absolute Gasteiger partial charge is 0.143 e. The Labute approximate surface area is 137 Å². The maximum absolute atomic E-state index is 5.91. The minimum absolute atomic E-state index is 0.184. The highest BCUT2D eigenvalue weighted by molar-refractivity contribution is 5.66. The van der Waals surface area contributed by atoms with Crippen LogP contribution in [0.1, 0.15) is 18.9 Å². The molecule has 122 valence electrons. The predicted octanol–water partition coefficient (Wildman–Crippen LogP) is 3.63. The molecule has 3 rings (SSSR count). The normalized spacial score (nSPS) is 16.6. The number of fused-ring (bicyclic) bond motifs is 1. The van der Waals surface area contributed by atoms with Crippen LogP contribution < -0.4 is 20.1 Å². The van der Waals surface area contributed by atoms with Crippen LogP contribution in [0, 0.1) is 6.92 Å². The average Bonchev–Trinajstić information content (AvgIpc) is 2.53. The van der Waals surface area contributed by atoms with Crippen molar-refractivity contribution in [2.24, 2.45) is 0 Å². The average molecular weight is 312 g/mol. The highest BCUT2D eigenvalue weighted by atomic mass is 16.5. The van der Waals surface area contributed by atoms with Crippen molar-refractivity contribution in [3.05, 3.63) is 48.0 Å². The molecule has 2 aromatic carbocycles. The van der Waals surface area contributed by atoms with Crippen LogP contribution in [0.15, 0.2) is 42.5 Å². The van der Waals surface area contributed by atoms with Gasteiger partial charge in [0, 0.05) is 12.2 Å². The van der Waals surface area contributed by atoms with E-state index >= 15 is 0 Å². The molecule has 0 bridgehead atoms. The van der Waals surface area contributed by atoms with Gasteiger partial charge in [-0.3, -0.25) is 0 Å². The van der Waals surface area contributed by atoms with E-state index in [4.69, 9.17) is 15.2 Å². The second-order valence-corrected chi connectivity index (χ2v) is 6.12. The number of ether oxygens (including phenoxy) is 2. The quantitative estimate of drug-likeness (QED) is 0.676. The standard InChI is InChI=1S/C19H24N2O2/c1-14-4-7-17(8-5-14)22-11-3-10-21-13-15(2)23-19-9-6-16(20)12-18(19)21/h4-9,12,15H,3,10-11,13,20H2,1-2H3. The maximum Gasteiger partial charge on any atom is 0.143 e. The lowest BCUT2D eigenvalue weighted by Crippen LogP contribution is -2.39. The van der Waals surface area contributed by atoms with Crippen molar-refractivity contribution in [3.8, 4) is 11.5 Å². The summed E-state index contributed by atoms with van der Waals surface area (Å²) in [5.74, 6) is 1.84. The Balaban J connectivity index is 1.56. The summed E-state index contributed by atoms with van der Waals surface area (Å²) >= 11 is 0. The van der Waals surface area contributed by atoms with Gasteiger partial charge in [-0.15, -0.1) is 0 Å². The third-order valence-corrected chi connectivity index (χ3v) is 3.99. The minimum atomic E-state index is 0.184. The molecule has 23 heavy (non-hydrogen) atoms. The number of benzene rings is 2. The van der Waals surface area contributed by atoms with Crippen molar-refractivity contribution in [1.82, 2.24) is 0 Å². The highest BCUT2D eigenvalue weighted by Crippen LogP contribution is 2.35. The number of aryl methyl sites for hydroxylation is 1. The lowest BCUT2D eigenvalue weighted by Gasteiger charge is -2.35. The van der Waals surface area contributed by atoms with E-state index in [0.29, 0.717) is 6.61 Å². The molecule has 0 aliphatic carbocycles. The van der Waals surface area contributed by atoms with E-state index in [1.807, 2.05) is 30.3 Å². The molecule has 1 aliphatic heterocycles. The summed E-state index contributed by atoms with van der Waals surface area (Å²) < 4.78 is 11.7. The van der Waals surface area contributed by atoms with Crippen molar-refractivity contribution in [3.63, 3.8) is 0 Å². The zero-order valence-electron chi connectivity index (χ0n) is 13.8. The fourth-order valence-electron chi connectivity index (χ4n) is 2.84. The molecule has 1 atom stereocenters. The van der Waals surface area contributed by atoms with Crippen molar-refractivity contribution in [2.45, 2.75) is 26.4 Å². The molecule has 1 aliphatic rings. The third kappa shape index (κ3) is 3.89. The van der Waals surface area contributed by atoms with Gasteiger partial charge in [0.25, 0.3) is 0 Å². The Morgan fingerprint density at radius 1 is 1.22 bits per heavy atom. The molecule has 0 amide bonds. The topological polar surface area (TPSA) is 47.7 Å². The summed E-state index contributed by atoms with van der Waals surface area (Å²) in [7, 11) is 0. The Hall–Kier alpha value is -2.36. The zero-order chi connectivity index (χ0) is 16.2. The SMILES string of the molecule is Cc1ccc(OCCCN2CC(C)Oc3ccc(N)cc32)cc1. The van der Waals surface area contributed by atoms with Crippen LogP contribution in [-0.2, 0) is 0 Å². The van der Waals surface area contributed by atoms with E-state index in [0.717, 1.165) is 42.4 Å². The lowest BCUT2D eigenvalue weighted by atomic mass is 10.1. The molecule has 0 spiro atoms. The summed E-state index contributed by atoms with van der Waals surface area (Å²) in [6, 6.07) is 14.0. The minimum Gasteiger partial charge on any atom is -0.494 e. The summed E-state index contributed by atoms with van der Waals surface area (Å²) in [6.45, 7) is 6.67. The molecule has 0 saturated carbocycles. The molecule has 1 heterocycles. The van der Waals surface area contributed by atoms with Gasteiger partial charge in [0.05, 0.1) is 18.8 Å². The number of nitrogens with zero attached hydrogens (tertiary/aromatic N) is 1. The number of hydrogen-bond donors (Lipinski definition) is 1. The van der Waals surface area contributed by atoms with Crippen LogP contribution >= 0.6 is 0 Å². The maximum atomic E-state index is 5.91. The van der Waals surface area contributed by atoms with Gasteiger partial charge >= 0.3 is 0 Å². The fourth-order valence-corrected chi connectivity index (χ4v) is 2.84. The summed E-state index contributed by atoms with van der Waals surface area (Å²) in [4.78, 5) is 2.33. The molecule has 0 aromatic heterocycles. The molecule has 2 aromatic rings. The number of rotatable bonds is 5. The van der Waals surface area contributed by atoms with Crippen LogP contribution in [0.2, 0.25) is 0 Å². The predicted molar refractivity (Wildman–Crippen MR) is 94.4 cm³/mol. The Morgan fingerprint density at radius 3 is 2.78 bits per heavy atom. The van der Waals surface area contributed by atoms with Gasteiger partial charge in [-0.2, -0.15) is 0 Å². The Kier molecular flexibility index (Phi) is 4.60. The largest absolute Gasteiger partial charge is 0.494 e. The molecule has 1 unspecified atom stereocenters. The van der Waals surface area contributed by atoms with E-state index < -0.39 is 0 Å². The van der Waals surface area contributed by atoms with Crippen molar-refractivity contribution in [1.29, 1.82) is 0 Å². The molecule has 0 radical (unpaired) electrons. The molecular weight excluding hydrogens is 288 g/mol. The number of nitrogens with two attached hydrogens (primary N) is 1. The van der Waals surface area contributed by atoms with E-state index in [9.17, 15) is 0 Å². The molecular formula is C19H24N2O2. The Morgan fingerprint density at radius 2 is 2.00 bits per heavy atom. The van der Waals surface area contributed by atoms with Gasteiger partial charge in [-0.1, -0.05) is 17.7 Å². The van der Waals surface area contributed by atoms with Gasteiger partial charge in [0.15, 0.2) is 0 Å². The van der Waals surface area contributed by atoms with Gasteiger partial charge in [-0.05, 0) is 50.6 Å². The van der Waals surface area contributed by atoms with Gasteiger partial charge in [0.1, 0.15) is 17.6 Å². The summed E-state index contributed by atoms with van der Waals surface area (Å²) in [6.07, 6.45) is 1.14. The summed E-state index contributed by atoms with van der Waals surface area (Å²) in [5, 5.41) is 0. The second kappa shape index (κ2) is 6.82. The first-order valence-electron chi connectivity index (χ1n) is 8.12. The number of anilines is 2. The van der Waals surface area contributed by atoms with Crippen molar-refractivity contribution < 1.29 is 9.47 Å². The van der Waals surface area contributed by atoms with Gasteiger partial charge in [0.2, 0.25) is 0 Å². The van der Waals surface area contributed by atoms with E-state index in [2.05, 4.69) is 30.9 Å². The van der Waals surface area contributed by atoms with Crippen LogP contribution in [0.5, 0.6) is 11.5 Å². The first kappa shape index (κ1) is 15.5. The monoisotopic (exact) mass is 312 g/mol. The molecule has 4 nitrogen and oxygen atoms in total. The van der Waals surface area contributed by atoms with Gasteiger partial charge in [-0.25, -0.2) is 0 Å². The van der Waals surface area contributed by atoms with Gasteiger partial charge < -0.3 is 20.1 Å². The first-order chi connectivity index (χ1) is 11.1. The molecule has 4 heteroatoms. The van der Waals surface area contributed by atoms with Crippen LogP contribution in [0.25, 0.3) is 0 Å². The fraction of sp³-hybridized carbons (Fsp3) is 0.368. The zero-order valence-corrected chi connectivity index (χ0v) is 13.8. The molecule has 0 fully saturated rings. The molecule has 2 N–H and O–H groups in total. The number of nitrogen functional groups attached to an aromatic ring is 1. The van der Waals surface area contributed by atoms with E-state index in [-0.39, 0.29) is 6.10 Å². The van der Waals surface area contributed by atoms with Crippen LogP contribution in [-0.4, -0.2) is 25.8 Å². The van der Waals surface area contributed by atoms with Crippen molar-refractivity contribution >= 4 is 11.4 Å². The van der Waals surface area contributed by atoms with Crippen LogP contribution in [0.3, 0.4) is 0 Å². The third-order valence-electron chi connectivity index (χ3n) is 3.99. The van der Waals surface area contributed by atoms with E-state index in [1.54, 1.807) is 0 Å². The van der Waals surface area contributed by atoms with E-state index in [1.165, 1.54) is 5.56 Å². The number of hydrogen-bond acceptors (Lipinski definition) is 4. The Bertz CT molecular complexity index is 655. The first-order valence-corrected chi connectivity index (χ1v) is 8.12. The van der Waals surface area contributed by atoms with Crippen molar-refractivity contribution in [2.75, 3.05) is 30.3 Å². The van der Waals surface area contributed by atoms with Crippen LogP contribution in [0.4, 0.5) is 11.4 Å². The lowest BCUT2D eigenvalue weighted by molar-refractivity contribution is 0.211. The summed E-state index contributed by atoms with van der Waals surface area (Å²) in [5.41, 5.74) is 9.01. The second-order valence-electron chi connectivity index (χ2n) is 6.12. The highest BCUT2D eigenvalue weighted by Gasteiger charge is 2.22. The molecule has 0 saturated heterocycles.